The van der Waals surface area contributed by atoms with Gasteiger partial charge >= 0.3 is 0 Å². The zero-order chi connectivity index (χ0) is 15.6. The Morgan fingerprint density at radius 2 is 1.90 bits per heavy atom. The molecule has 1 amide bonds. The standard InChI is InChI=1S/C13H16Cl2N2O4/c14-7-3-1-2-6(10(7)15)13(21)16-4-8-11(19)12(20)9(5-18)17-8/h1-3,8-9,11-12,17-20H,4-5H2,(H,16,21)/t8-,9-,11-,12-/m1/s1. The molecule has 5 N–H and O–H groups in total. The lowest BCUT2D eigenvalue weighted by Gasteiger charge is -2.16. The molecule has 0 aliphatic carbocycles. The predicted molar refractivity (Wildman–Crippen MR) is 78.6 cm³/mol. The largest absolute Gasteiger partial charge is 0.395 e. The van der Waals surface area contributed by atoms with E-state index in [-0.39, 0.29) is 28.8 Å². The lowest BCUT2D eigenvalue weighted by molar-refractivity contribution is 0.0197. The van der Waals surface area contributed by atoms with Crippen molar-refractivity contribution >= 4 is 29.1 Å². The first-order chi connectivity index (χ1) is 9.95. The van der Waals surface area contributed by atoms with E-state index in [4.69, 9.17) is 28.3 Å². The third kappa shape index (κ3) is 3.48. The van der Waals surface area contributed by atoms with Crippen LogP contribution in [0.2, 0.25) is 10.0 Å². The number of benzene rings is 1. The molecule has 1 aromatic carbocycles. The molecule has 8 heteroatoms. The molecule has 0 saturated carbocycles. The van der Waals surface area contributed by atoms with E-state index < -0.39 is 30.2 Å². The first-order valence-corrected chi connectivity index (χ1v) is 7.16. The zero-order valence-electron chi connectivity index (χ0n) is 11.0. The highest BCUT2D eigenvalue weighted by atomic mass is 35.5. The van der Waals surface area contributed by atoms with E-state index in [9.17, 15) is 15.0 Å². The normalized spacial score (nSPS) is 28.6. The average Bonchev–Trinajstić information content (AvgIpc) is 2.75. The number of carbonyl (C=O) groups excluding carboxylic acids is 1. The molecule has 21 heavy (non-hydrogen) atoms. The maximum atomic E-state index is 12.0. The molecule has 1 aliphatic rings. The average molecular weight is 335 g/mol. The van der Waals surface area contributed by atoms with Crippen LogP contribution in [0.25, 0.3) is 0 Å². The molecule has 1 fully saturated rings. The highest BCUT2D eigenvalue weighted by molar-refractivity contribution is 6.43. The van der Waals surface area contributed by atoms with E-state index in [0.717, 1.165) is 0 Å². The zero-order valence-corrected chi connectivity index (χ0v) is 12.5. The second-order valence-electron chi connectivity index (χ2n) is 4.85. The molecule has 1 saturated heterocycles. The number of amides is 1. The van der Waals surface area contributed by atoms with Crippen LogP contribution in [-0.2, 0) is 0 Å². The van der Waals surface area contributed by atoms with Gasteiger partial charge in [0.05, 0.1) is 46.5 Å². The van der Waals surface area contributed by atoms with E-state index >= 15 is 0 Å². The highest BCUT2D eigenvalue weighted by Crippen LogP contribution is 2.25. The number of aliphatic hydroxyl groups is 3. The summed E-state index contributed by atoms with van der Waals surface area (Å²) in [6.07, 6.45) is -2.15. The van der Waals surface area contributed by atoms with Gasteiger partial charge in [0.25, 0.3) is 5.91 Å². The van der Waals surface area contributed by atoms with Crippen LogP contribution < -0.4 is 10.6 Å². The van der Waals surface area contributed by atoms with Crippen molar-refractivity contribution in [3.63, 3.8) is 0 Å². The number of hydrogen-bond donors (Lipinski definition) is 5. The van der Waals surface area contributed by atoms with Gasteiger partial charge in [-0.25, -0.2) is 0 Å². The summed E-state index contributed by atoms with van der Waals surface area (Å²) in [5.74, 6) is -0.432. The number of nitrogens with one attached hydrogen (secondary N) is 2. The minimum absolute atomic E-state index is 0.0798. The third-order valence-electron chi connectivity index (χ3n) is 3.48. The monoisotopic (exact) mass is 334 g/mol. The summed E-state index contributed by atoms with van der Waals surface area (Å²) in [7, 11) is 0. The summed E-state index contributed by atoms with van der Waals surface area (Å²) in [5, 5.41) is 34.4. The lowest BCUT2D eigenvalue weighted by atomic mass is 10.1. The SMILES string of the molecule is O=C(NC[C@H]1N[C@H](CO)[C@@H](O)[C@@H]1O)c1cccc(Cl)c1Cl. The fraction of sp³-hybridized carbons (Fsp3) is 0.462. The summed E-state index contributed by atoms with van der Waals surface area (Å²) in [6.45, 7) is -0.223. The molecule has 0 radical (unpaired) electrons. The Labute approximate surface area is 131 Å². The fourth-order valence-electron chi connectivity index (χ4n) is 2.27. The van der Waals surface area contributed by atoms with Crippen LogP contribution in [0.1, 0.15) is 10.4 Å². The number of aliphatic hydroxyl groups excluding tert-OH is 3. The van der Waals surface area contributed by atoms with Gasteiger partial charge in [-0.3, -0.25) is 4.79 Å². The van der Waals surface area contributed by atoms with Gasteiger partial charge in [0.1, 0.15) is 0 Å². The summed E-state index contributed by atoms with van der Waals surface area (Å²) in [4.78, 5) is 12.0. The minimum atomic E-state index is -1.08. The predicted octanol–water partition coefficient (Wildman–Crippen LogP) is -0.222. The van der Waals surface area contributed by atoms with Crippen LogP contribution in [-0.4, -0.2) is 58.7 Å². The molecule has 0 bridgehead atoms. The summed E-state index contributed by atoms with van der Waals surface area (Å²) >= 11 is 11.8. The van der Waals surface area contributed by atoms with Gasteiger partial charge in [0.2, 0.25) is 0 Å². The lowest BCUT2D eigenvalue weighted by Crippen LogP contribution is -2.44. The first-order valence-electron chi connectivity index (χ1n) is 6.41. The molecule has 4 atom stereocenters. The molecule has 6 nitrogen and oxygen atoms in total. The smallest absolute Gasteiger partial charge is 0.252 e. The van der Waals surface area contributed by atoms with Crippen molar-refractivity contribution in [2.75, 3.05) is 13.2 Å². The van der Waals surface area contributed by atoms with E-state index in [1.807, 2.05) is 0 Å². The minimum Gasteiger partial charge on any atom is -0.395 e. The van der Waals surface area contributed by atoms with Crippen molar-refractivity contribution in [1.82, 2.24) is 10.6 Å². The van der Waals surface area contributed by atoms with E-state index in [2.05, 4.69) is 10.6 Å². The fourth-order valence-corrected chi connectivity index (χ4v) is 2.65. The Hall–Kier alpha value is -0.890. The maximum absolute atomic E-state index is 12.0. The molecule has 1 aliphatic heterocycles. The molecule has 1 heterocycles. The van der Waals surface area contributed by atoms with Gasteiger partial charge in [0, 0.05) is 6.54 Å². The number of carbonyl (C=O) groups is 1. The Balaban J connectivity index is 1.97. The van der Waals surface area contributed by atoms with Gasteiger partial charge < -0.3 is 26.0 Å². The molecule has 1 aromatic rings. The Morgan fingerprint density at radius 3 is 2.52 bits per heavy atom. The molecular weight excluding hydrogens is 319 g/mol. The van der Waals surface area contributed by atoms with Gasteiger partial charge in [-0.1, -0.05) is 29.3 Å². The molecule has 0 aromatic heterocycles. The van der Waals surface area contributed by atoms with Crippen LogP contribution in [0, 0.1) is 0 Å². The topological polar surface area (TPSA) is 102 Å². The maximum Gasteiger partial charge on any atom is 0.252 e. The number of hydrogen-bond acceptors (Lipinski definition) is 5. The molecule has 0 unspecified atom stereocenters. The number of halogens is 2. The van der Waals surface area contributed by atoms with Gasteiger partial charge in [-0.2, -0.15) is 0 Å². The van der Waals surface area contributed by atoms with E-state index in [1.54, 1.807) is 12.1 Å². The third-order valence-corrected chi connectivity index (χ3v) is 4.30. The van der Waals surface area contributed by atoms with E-state index in [0.29, 0.717) is 0 Å². The Morgan fingerprint density at radius 1 is 1.24 bits per heavy atom. The van der Waals surface area contributed by atoms with Crippen LogP contribution in [0.3, 0.4) is 0 Å². The Kier molecular flexibility index (Phi) is 5.43. The molecule has 2 rings (SSSR count). The quantitative estimate of drug-likeness (QED) is 0.524. The summed E-state index contributed by atoms with van der Waals surface area (Å²) in [5.41, 5.74) is 0.232. The second-order valence-corrected chi connectivity index (χ2v) is 5.64. The summed E-state index contributed by atoms with van der Waals surface area (Å²) < 4.78 is 0. The van der Waals surface area contributed by atoms with Crippen LogP contribution in [0.15, 0.2) is 18.2 Å². The first kappa shape index (κ1) is 16.5. The van der Waals surface area contributed by atoms with Crippen molar-refractivity contribution in [3.05, 3.63) is 33.8 Å². The number of rotatable bonds is 4. The molecule has 0 spiro atoms. The Bertz CT molecular complexity index is 529. The van der Waals surface area contributed by atoms with Crippen molar-refractivity contribution in [1.29, 1.82) is 0 Å². The van der Waals surface area contributed by atoms with Crippen molar-refractivity contribution in [2.24, 2.45) is 0 Å². The van der Waals surface area contributed by atoms with Crippen molar-refractivity contribution < 1.29 is 20.1 Å². The van der Waals surface area contributed by atoms with Gasteiger partial charge in [-0.15, -0.1) is 0 Å². The van der Waals surface area contributed by atoms with Crippen LogP contribution >= 0.6 is 23.2 Å². The summed E-state index contributed by atoms with van der Waals surface area (Å²) in [6, 6.07) is 3.55. The van der Waals surface area contributed by atoms with Crippen LogP contribution in [0.5, 0.6) is 0 Å². The van der Waals surface area contributed by atoms with E-state index in [1.165, 1.54) is 6.07 Å². The van der Waals surface area contributed by atoms with Gasteiger partial charge in [0.15, 0.2) is 0 Å². The molecular formula is C13H16Cl2N2O4. The second kappa shape index (κ2) is 6.91. The van der Waals surface area contributed by atoms with Crippen molar-refractivity contribution in [3.8, 4) is 0 Å². The molecule has 116 valence electrons. The van der Waals surface area contributed by atoms with Crippen LogP contribution in [0.4, 0.5) is 0 Å². The van der Waals surface area contributed by atoms with Crippen molar-refractivity contribution in [2.45, 2.75) is 24.3 Å². The van der Waals surface area contributed by atoms with Gasteiger partial charge in [-0.05, 0) is 12.1 Å². The highest BCUT2D eigenvalue weighted by Gasteiger charge is 2.40.